The Morgan fingerprint density at radius 2 is 1.67 bits per heavy atom. The van der Waals surface area contributed by atoms with Crippen LogP contribution in [0.2, 0.25) is 0 Å². The van der Waals surface area contributed by atoms with Crippen LogP contribution >= 0.6 is 0 Å². The maximum Gasteiger partial charge on any atom is 0.276 e. The highest BCUT2D eigenvalue weighted by Crippen LogP contribution is 2.39. The standard InChI is InChI=1S/C29H39N3O4/c1-31-20-21-35-24-13-8-7-11-22(24)10-4-3-9-15-29(28(31)34)16-18-32(19-17-29)27(33)26-23-12-5-2-6-14-25(23)36-30-26/h7-8,11,13H,2-6,9-10,12,14-21H2,1H3. The highest BCUT2D eigenvalue weighted by Gasteiger charge is 2.43. The molecule has 0 bridgehead atoms. The van der Waals surface area contributed by atoms with Crippen molar-refractivity contribution in [3.05, 3.63) is 46.8 Å². The van der Waals surface area contributed by atoms with Gasteiger partial charge in [0.1, 0.15) is 18.1 Å². The molecule has 194 valence electrons. The molecule has 0 saturated carbocycles. The van der Waals surface area contributed by atoms with Crippen LogP contribution in [-0.2, 0) is 24.1 Å². The molecule has 2 amide bonds. The van der Waals surface area contributed by atoms with Crippen LogP contribution in [-0.4, -0.2) is 60.1 Å². The minimum Gasteiger partial charge on any atom is -0.491 e. The van der Waals surface area contributed by atoms with Gasteiger partial charge in [-0.15, -0.1) is 0 Å². The van der Waals surface area contributed by atoms with Crippen molar-refractivity contribution in [2.45, 2.75) is 77.0 Å². The molecule has 0 atom stereocenters. The monoisotopic (exact) mass is 493 g/mol. The number of likely N-dealkylation sites (tertiary alicyclic amines) is 1. The first-order valence-electron chi connectivity index (χ1n) is 13.8. The lowest BCUT2D eigenvalue weighted by molar-refractivity contribution is -0.144. The molecule has 2 aromatic rings. The first-order chi connectivity index (χ1) is 17.6. The number of hydrogen-bond donors (Lipinski definition) is 0. The van der Waals surface area contributed by atoms with E-state index >= 15 is 0 Å². The maximum atomic E-state index is 13.7. The maximum absolute atomic E-state index is 13.7. The lowest BCUT2D eigenvalue weighted by atomic mass is 9.73. The summed E-state index contributed by atoms with van der Waals surface area (Å²) in [6.45, 7) is 2.21. The van der Waals surface area contributed by atoms with Crippen molar-refractivity contribution in [2.75, 3.05) is 33.3 Å². The molecule has 36 heavy (non-hydrogen) atoms. The number of hydrogen-bond acceptors (Lipinski definition) is 5. The van der Waals surface area contributed by atoms with Gasteiger partial charge in [0.2, 0.25) is 5.91 Å². The topological polar surface area (TPSA) is 75.9 Å². The average Bonchev–Trinajstić information content (AvgIpc) is 3.16. The molecule has 1 saturated heterocycles. The summed E-state index contributed by atoms with van der Waals surface area (Å²) in [7, 11) is 1.89. The molecule has 1 aliphatic carbocycles. The van der Waals surface area contributed by atoms with Gasteiger partial charge in [0, 0.05) is 32.1 Å². The number of ether oxygens (including phenoxy) is 1. The number of benzene rings is 1. The Labute approximate surface area is 214 Å². The second-order valence-corrected chi connectivity index (χ2v) is 10.8. The summed E-state index contributed by atoms with van der Waals surface area (Å²) in [5.41, 5.74) is 2.35. The van der Waals surface area contributed by atoms with Gasteiger partial charge in [-0.25, -0.2) is 0 Å². The van der Waals surface area contributed by atoms with Crippen molar-refractivity contribution in [1.82, 2.24) is 15.0 Å². The third-order valence-corrected chi connectivity index (χ3v) is 8.47. The summed E-state index contributed by atoms with van der Waals surface area (Å²) >= 11 is 0. The molecular weight excluding hydrogens is 454 g/mol. The number of aryl methyl sites for hydroxylation is 2. The molecule has 5 rings (SSSR count). The number of likely N-dealkylation sites (N-methyl/N-ethyl adjacent to an activating group) is 1. The van der Waals surface area contributed by atoms with Crippen molar-refractivity contribution in [2.24, 2.45) is 5.41 Å². The fraction of sp³-hybridized carbons (Fsp3) is 0.621. The predicted octanol–water partition coefficient (Wildman–Crippen LogP) is 4.82. The zero-order valence-electron chi connectivity index (χ0n) is 21.6. The van der Waals surface area contributed by atoms with Gasteiger partial charge in [-0.05, 0) is 63.0 Å². The molecule has 1 aromatic heterocycles. The molecule has 2 aliphatic heterocycles. The summed E-state index contributed by atoms with van der Waals surface area (Å²) in [6.07, 6.45) is 11.5. The molecule has 1 fully saturated rings. The highest BCUT2D eigenvalue weighted by molar-refractivity contribution is 5.94. The summed E-state index contributed by atoms with van der Waals surface area (Å²) in [5.74, 6) is 1.99. The van der Waals surface area contributed by atoms with Crippen LogP contribution < -0.4 is 4.74 Å². The largest absolute Gasteiger partial charge is 0.491 e. The molecular formula is C29H39N3O4. The van der Waals surface area contributed by atoms with Crippen LogP contribution in [0.1, 0.15) is 85.2 Å². The lowest BCUT2D eigenvalue weighted by Gasteiger charge is -2.42. The lowest BCUT2D eigenvalue weighted by Crippen LogP contribution is -2.51. The second-order valence-electron chi connectivity index (χ2n) is 10.8. The molecule has 3 heterocycles. The Morgan fingerprint density at radius 3 is 2.53 bits per heavy atom. The van der Waals surface area contributed by atoms with Gasteiger partial charge in [0.15, 0.2) is 5.69 Å². The molecule has 7 nitrogen and oxygen atoms in total. The Balaban J connectivity index is 1.26. The Bertz CT molecular complexity index is 1070. The normalized spacial score (nSPS) is 21.3. The zero-order chi connectivity index (χ0) is 25.0. The highest BCUT2D eigenvalue weighted by atomic mass is 16.5. The van der Waals surface area contributed by atoms with Crippen molar-refractivity contribution in [1.29, 1.82) is 0 Å². The van der Waals surface area contributed by atoms with Crippen LogP contribution in [0.25, 0.3) is 0 Å². The smallest absolute Gasteiger partial charge is 0.276 e. The van der Waals surface area contributed by atoms with Gasteiger partial charge in [-0.2, -0.15) is 0 Å². The number of carbonyl (C=O) groups excluding carboxylic acids is 2. The zero-order valence-corrected chi connectivity index (χ0v) is 21.6. The van der Waals surface area contributed by atoms with Gasteiger partial charge >= 0.3 is 0 Å². The number of rotatable bonds is 1. The van der Waals surface area contributed by atoms with E-state index in [0.717, 1.165) is 81.3 Å². The van der Waals surface area contributed by atoms with E-state index in [1.807, 2.05) is 29.0 Å². The van der Waals surface area contributed by atoms with Gasteiger partial charge in [0.05, 0.1) is 12.0 Å². The van der Waals surface area contributed by atoms with E-state index < -0.39 is 5.41 Å². The number of piperidine rings is 1. The van der Waals surface area contributed by atoms with Crippen LogP contribution in [0, 0.1) is 5.41 Å². The molecule has 0 radical (unpaired) electrons. The van der Waals surface area contributed by atoms with E-state index in [0.29, 0.717) is 44.8 Å². The van der Waals surface area contributed by atoms with Crippen LogP contribution in [0.3, 0.4) is 0 Å². The fourth-order valence-corrected chi connectivity index (χ4v) is 6.19. The summed E-state index contributed by atoms with van der Waals surface area (Å²) < 4.78 is 11.6. The summed E-state index contributed by atoms with van der Waals surface area (Å²) in [4.78, 5) is 30.9. The first-order valence-corrected chi connectivity index (χ1v) is 13.8. The minimum absolute atomic E-state index is 0.0339. The van der Waals surface area contributed by atoms with Crippen LogP contribution in [0.5, 0.6) is 5.75 Å². The average molecular weight is 494 g/mol. The van der Waals surface area contributed by atoms with Crippen LogP contribution in [0.15, 0.2) is 28.8 Å². The minimum atomic E-state index is -0.410. The van der Waals surface area contributed by atoms with E-state index in [1.165, 1.54) is 5.56 Å². The number of nitrogens with zero attached hydrogens (tertiary/aromatic N) is 3. The van der Waals surface area contributed by atoms with Gasteiger partial charge in [-0.1, -0.05) is 42.6 Å². The number of carbonyl (C=O) groups is 2. The third-order valence-electron chi connectivity index (χ3n) is 8.47. The van der Waals surface area contributed by atoms with E-state index in [1.54, 1.807) is 0 Å². The quantitative estimate of drug-likeness (QED) is 0.533. The van der Waals surface area contributed by atoms with Crippen molar-refractivity contribution >= 4 is 11.8 Å². The number of para-hydroxylation sites is 1. The molecule has 0 N–H and O–H groups in total. The number of amides is 2. The fourth-order valence-electron chi connectivity index (χ4n) is 6.19. The Morgan fingerprint density at radius 1 is 0.917 bits per heavy atom. The Kier molecular flexibility index (Phi) is 7.63. The predicted molar refractivity (Wildman–Crippen MR) is 137 cm³/mol. The van der Waals surface area contributed by atoms with Gasteiger partial charge < -0.3 is 19.1 Å². The summed E-state index contributed by atoms with van der Waals surface area (Å²) in [6, 6.07) is 8.24. The van der Waals surface area contributed by atoms with E-state index in [-0.39, 0.29) is 11.8 Å². The van der Waals surface area contributed by atoms with Crippen LogP contribution in [0.4, 0.5) is 0 Å². The van der Waals surface area contributed by atoms with Gasteiger partial charge in [-0.3, -0.25) is 9.59 Å². The molecule has 1 spiro atoms. The van der Waals surface area contributed by atoms with E-state index in [9.17, 15) is 9.59 Å². The molecule has 7 heteroatoms. The molecule has 1 aromatic carbocycles. The number of aromatic nitrogens is 1. The third kappa shape index (κ3) is 5.16. The summed E-state index contributed by atoms with van der Waals surface area (Å²) in [5, 5.41) is 4.19. The van der Waals surface area contributed by atoms with E-state index in [4.69, 9.17) is 9.26 Å². The van der Waals surface area contributed by atoms with Crippen molar-refractivity contribution < 1.29 is 18.8 Å². The SMILES string of the molecule is CN1CCOc2ccccc2CCCCCC2(CCN(C(=O)c3noc4c3CCCCC4)CC2)C1=O. The van der Waals surface area contributed by atoms with Crippen molar-refractivity contribution in [3.8, 4) is 5.75 Å². The molecule has 3 aliphatic rings. The van der Waals surface area contributed by atoms with E-state index in [2.05, 4.69) is 17.3 Å². The number of fused-ring (bicyclic) bond motifs is 2. The second kappa shape index (κ2) is 11.1. The van der Waals surface area contributed by atoms with Crippen molar-refractivity contribution in [3.63, 3.8) is 0 Å². The molecule has 0 unspecified atom stereocenters. The first kappa shape index (κ1) is 24.8. The Hall–Kier alpha value is -2.83. The van der Waals surface area contributed by atoms with Gasteiger partial charge in [0.25, 0.3) is 5.91 Å².